The van der Waals surface area contributed by atoms with Crippen LogP contribution in [0.3, 0.4) is 0 Å². The van der Waals surface area contributed by atoms with Crippen LogP contribution >= 0.6 is 0 Å². The molecule has 0 unspecified atom stereocenters. The van der Waals surface area contributed by atoms with Gasteiger partial charge in [-0.1, -0.05) is 141 Å². The largest absolute Gasteiger partial charge is 0.396 e. The predicted molar refractivity (Wildman–Crippen MR) is 200 cm³/mol. The number of allylic oxidation sites excluding steroid dienone is 2. The van der Waals surface area contributed by atoms with Crippen LogP contribution in [-0.4, -0.2) is 47.3 Å². The predicted octanol–water partition coefficient (Wildman–Crippen LogP) is 10.8. The monoisotopic (exact) mass is 697 g/mol. The maximum Gasteiger partial charge on any atom is 0.279 e. The molecule has 0 aromatic rings. The first kappa shape index (κ1) is 45.2. The Morgan fingerprint density at radius 1 is 0.449 bits per heavy atom. The summed E-state index contributed by atoms with van der Waals surface area (Å²) in [4.78, 5) is 24.6. The van der Waals surface area contributed by atoms with Gasteiger partial charge in [0.25, 0.3) is 11.8 Å². The number of nitrogens with one attached hydrogen (secondary N) is 2. The first-order chi connectivity index (χ1) is 24.0. The van der Waals surface area contributed by atoms with Gasteiger partial charge in [0.2, 0.25) is 0 Å². The molecular formula is C41H74F2N2O4. The Bertz CT molecular complexity index is 798. The Morgan fingerprint density at radius 3 is 0.959 bits per heavy atom. The number of rotatable bonds is 34. The highest BCUT2D eigenvalue weighted by molar-refractivity contribution is 5.92. The molecule has 0 bridgehead atoms. The third kappa shape index (κ3) is 27.6. The number of halogens is 2. The molecule has 2 atom stereocenters. The van der Waals surface area contributed by atoms with E-state index < -0.39 is 23.5 Å². The summed E-state index contributed by atoms with van der Waals surface area (Å²) in [6.07, 6.45) is 36.1. The molecule has 2 amide bonds. The van der Waals surface area contributed by atoms with Gasteiger partial charge in [-0.2, -0.15) is 0 Å². The van der Waals surface area contributed by atoms with E-state index in [9.17, 15) is 18.4 Å². The molecule has 0 spiro atoms. The molecular weight excluding hydrogens is 622 g/mol. The van der Waals surface area contributed by atoms with E-state index in [4.69, 9.17) is 10.2 Å². The van der Waals surface area contributed by atoms with Crippen molar-refractivity contribution in [2.24, 2.45) is 0 Å². The first-order valence-electron chi connectivity index (χ1n) is 20.5. The van der Waals surface area contributed by atoms with Crippen LogP contribution in [0.1, 0.15) is 199 Å². The molecule has 286 valence electrons. The number of aliphatic hydroxyl groups is 2. The van der Waals surface area contributed by atoms with Gasteiger partial charge in [0.15, 0.2) is 11.7 Å². The van der Waals surface area contributed by atoms with Gasteiger partial charge in [-0.05, 0) is 69.9 Å². The lowest BCUT2D eigenvalue weighted by atomic mass is 10.0. The Hall–Kier alpha value is -1.80. The third-order valence-electron chi connectivity index (χ3n) is 9.91. The Morgan fingerprint density at radius 2 is 0.694 bits per heavy atom. The van der Waals surface area contributed by atoms with Crippen LogP contribution in [0, 0.1) is 0 Å². The molecule has 4 N–H and O–H groups in total. The molecule has 1 saturated carbocycles. The SMILES string of the molecule is O=C(N[C@@H]1CC[C@H](NC(=O)C(F)=CCCCCCCCCCCCCCCCO)C1)C(F)=CCCCCCCCCCCCCCCCO. The van der Waals surface area contributed by atoms with Gasteiger partial charge in [-0.15, -0.1) is 0 Å². The maximum absolute atomic E-state index is 14.4. The fourth-order valence-electron chi connectivity index (χ4n) is 6.80. The van der Waals surface area contributed by atoms with Gasteiger partial charge >= 0.3 is 0 Å². The quantitative estimate of drug-likeness (QED) is 0.0397. The van der Waals surface area contributed by atoms with E-state index in [1.165, 1.54) is 115 Å². The van der Waals surface area contributed by atoms with Crippen LogP contribution in [0.4, 0.5) is 8.78 Å². The number of amides is 2. The summed E-state index contributed by atoms with van der Waals surface area (Å²) in [6, 6.07) is -0.449. The standard InChI is InChI=1S/C41H74F2N2O4/c42-38(29-25-21-17-13-9-5-1-3-7-11-15-19-23-27-33-46)40(48)44-36-31-32-37(35-36)45-41(49)39(43)30-26-22-18-14-10-6-2-4-8-12-16-20-24-28-34-47/h29-30,36-37,46-47H,1-28,31-35H2,(H,44,48)(H,45,49)/t36-,37+. The lowest BCUT2D eigenvalue weighted by molar-refractivity contribution is -0.119. The van der Waals surface area contributed by atoms with Crippen LogP contribution in [-0.2, 0) is 9.59 Å². The van der Waals surface area contributed by atoms with Crippen LogP contribution in [0.2, 0.25) is 0 Å². The summed E-state index contributed by atoms with van der Waals surface area (Å²) in [5, 5.41) is 23.1. The van der Waals surface area contributed by atoms with E-state index in [-0.39, 0.29) is 12.1 Å². The van der Waals surface area contributed by atoms with Gasteiger partial charge in [-0.3, -0.25) is 9.59 Å². The number of aliphatic hydroxyl groups excluding tert-OH is 2. The smallest absolute Gasteiger partial charge is 0.279 e. The van der Waals surface area contributed by atoms with E-state index in [0.717, 1.165) is 64.2 Å². The zero-order valence-electron chi connectivity index (χ0n) is 31.1. The normalized spacial score (nSPS) is 16.7. The molecule has 0 aliphatic heterocycles. The molecule has 1 rings (SSSR count). The van der Waals surface area contributed by atoms with E-state index in [1.54, 1.807) is 0 Å². The lowest BCUT2D eigenvalue weighted by Gasteiger charge is -2.14. The molecule has 49 heavy (non-hydrogen) atoms. The Kier molecular flexibility index (Phi) is 30.8. The summed E-state index contributed by atoms with van der Waals surface area (Å²) < 4.78 is 28.7. The van der Waals surface area contributed by atoms with Crippen molar-refractivity contribution in [3.05, 3.63) is 23.8 Å². The van der Waals surface area contributed by atoms with Crippen LogP contribution in [0.25, 0.3) is 0 Å². The summed E-state index contributed by atoms with van der Waals surface area (Å²) in [5.41, 5.74) is 0. The van der Waals surface area contributed by atoms with Crippen LogP contribution in [0.15, 0.2) is 23.8 Å². The molecule has 1 aliphatic rings. The molecule has 8 heteroatoms. The number of carbonyl (C=O) groups is 2. The van der Waals surface area contributed by atoms with Crippen molar-refractivity contribution in [2.45, 2.75) is 211 Å². The summed E-state index contributed by atoms with van der Waals surface area (Å²) in [5.74, 6) is -2.87. The highest BCUT2D eigenvalue weighted by atomic mass is 19.1. The third-order valence-corrected chi connectivity index (χ3v) is 9.91. The van der Waals surface area contributed by atoms with Crippen molar-refractivity contribution >= 4 is 11.8 Å². The minimum absolute atomic E-state index is 0.224. The fourth-order valence-corrected chi connectivity index (χ4v) is 6.80. The minimum atomic E-state index is -0.741. The van der Waals surface area contributed by atoms with Gasteiger partial charge in [0.05, 0.1) is 0 Å². The van der Waals surface area contributed by atoms with Crippen molar-refractivity contribution in [1.29, 1.82) is 0 Å². The first-order valence-corrected chi connectivity index (χ1v) is 20.5. The Labute approximate surface area is 298 Å². The highest BCUT2D eigenvalue weighted by Crippen LogP contribution is 2.21. The summed E-state index contributed by atoms with van der Waals surface area (Å²) >= 11 is 0. The van der Waals surface area contributed by atoms with Crippen LogP contribution in [0.5, 0.6) is 0 Å². The number of hydrogen-bond acceptors (Lipinski definition) is 4. The second kappa shape index (κ2) is 33.3. The highest BCUT2D eigenvalue weighted by Gasteiger charge is 2.28. The van der Waals surface area contributed by atoms with Gasteiger partial charge in [-0.25, -0.2) is 8.78 Å². The van der Waals surface area contributed by atoms with E-state index in [2.05, 4.69) is 10.6 Å². The number of unbranched alkanes of at least 4 members (excludes halogenated alkanes) is 26. The molecule has 0 saturated heterocycles. The van der Waals surface area contributed by atoms with Crippen LogP contribution < -0.4 is 10.6 Å². The van der Waals surface area contributed by atoms with Gasteiger partial charge in [0, 0.05) is 25.3 Å². The zero-order valence-corrected chi connectivity index (χ0v) is 31.1. The second-order valence-electron chi connectivity index (χ2n) is 14.5. The van der Waals surface area contributed by atoms with Crippen molar-refractivity contribution in [3.63, 3.8) is 0 Å². The van der Waals surface area contributed by atoms with Crippen molar-refractivity contribution in [1.82, 2.24) is 10.6 Å². The minimum Gasteiger partial charge on any atom is -0.396 e. The fraction of sp³-hybridized carbons (Fsp3) is 0.854. The van der Waals surface area contributed by atoms with Crippen molar-refractivity contribution < 1.29 is 28.6 Å². The molecule has 6 nitrogen and oxygen atoms in total. The van der Waals surface area contributed by atoms with E-state index in [0.29, 0.717) is 45.3 Å². The molecule has 1 fully saturated rings. The van der Waals surface area contributed by atoms with E-state index >= 15 is 0 Å². The second-order valence-corrected chi connectivity index (χ2v) is 14.5. The summed E-state index contributed by atoms with van der Waals surface area (Å²) in [6.45, 7) is 0.621. The Balaban J connectivity index is 2.02. The average Bonchev–Trinajstić information content (AvgIpc) is 3.54. The topological polar surface area (TPSA) is 98.7 Å². The lowest BCUT2D eigenvalue weighted by Crippen LogP contribution is -2.37. The van der Waals surface area contributed by atoms with E-state index in [1.807, 2.05) is 0 Å². The zero-order chi connectivity index (χ0) is 35.6. The summed E-state index contributed by atoms with van der Waals surface area (Å²) in [7, 11) is 0. The van der Waals surface area contributed by atoms with Gasteiger partial charge < -0.3 is 20.8 Å². The number of carbonyl (C=O) groups excluding carboxylic acids is 2. The molecule has 0 heterocycles. The average molecular weight is 697 g/mol. The molecule has 0 radical (unpaired) electrons. The van der Waals surface area contributed by atoms with Gasteiger partial charge in [0.1, 0.15) is 0 Å². The maximum atomic E-state index is 14.4. The van der Waals surface area contributed by atoms with Crippen molar-refractivity contribution in [2.75, 3.05) is 13.2 Å². The molecule has 0 aromatic carbocycles. The number of hydrogen-bond donors (Lipinski definition) is 4. The molecule has 1 aliphatic carbocycles. The van der Waals surface area contributed by atoms with Crippen molar-refractivity contribution in [3.8, 4) is 0 Å². The molecule has 0 aromatic heterocycles.